The van der Waals surface area contributed by atoms with Gasteiger partial charge in [0.1, 0.15) is 0 Å². The summed E-state index contributed by atoms with van der Waals surface area (Å²) in [7, 11) is 0. The van der Waals surface area contributed by atoms with E-state index >= 15 is 0 Å². The Morgan fingerprint density at radius 1 is 1.46 bits per heavy atom. The van der Waals surface area contributed by atoms with Crippen molar-refractivity contribution in [2.75, 3.05) is 6.61 Å². The third-order valence-corrected chi connectivity index (χ3v) is 2.29. The third kappa shape index (κ3) is 3.74. The van der Waals surface area contributed by atoms with Gasteiger partial charge in [-0.05, 0) is 12.8 Å². The molecular formula is C9H16O4. The molecule has 0 saturated heterocycles. The Bertz CT molecular complexity index is 163. The predicted molar refractivity (Wildman–Crippen MR) is 46.5 cm³/mol. The number of carboxylic acid groups (broad SMARTS) is 1. The van der Waals surface area contributed by atoms with Crippen molar-refractivity contribution < 1.29 is 19.7 Å². The molecule has 0 aromatic heterocycles. The summed E-state index contributed by atoms with van der Waals surface area (Å²) in [6.45, 7) is -0.206. The van der Waals surface area contributed by atoms with E-state index in [9.17, 15) is 4.79 Å². The Balaban J connectivity index is 2.25. The molecule has 0 heterocycles. The van der Waals surface area contributed by atoms with Gasteiger partial charge in [0.05, 0.1) is 25.2 Å². The first-order valence-corrected chi connectivity index (χ1v) is 4.70. The van der Waals surface area contributed by atoms with Crippen LogP contribution in [0, 0.1) is 0 Å². The first kappa shape index (κ1) is 10.5. The first-order chi connectivity index (χ1) is 6.22. The minimum atomic E-state index is -0.919. The van der Waals surface area contributed by atoms with Gasteiger partial charge in [-0.25, -0.2) is 0 Å². The number of hydrogen-bond acceptors (Lipinski definition) is 3. The van der Waals surface area contributed by atoms with Crippen LogP contribution in [0.1, 0.15) is 32.1 Å². The minimum Gasteiger partial charge on any atom is -0.481 e. The van der Waals surface area contributed by atoms with Gasteiger partial charge in [0.2, 0.25) is 0 Å². The van der Waals surface area contributed by atoms with Crippen LogP contribution in [0.5, 0.6) is 0 Å². The average molecular weight is 188 g/mol. The van der Waals surface area contributed by atoms with E-state index in [1.54, 1.807) is 0 Å². The summed E-state index contributed by atoms with van der Waals surface area (Å²) in [5.74, 6) is -0.919. The third-order valence-electron chi connectivity index (χ3n) is 2.29. The molecular weight excluding hydrogens is 172 g/mol. The van der Waals surface area contributed by atoms with Gasteiger partial charge in [-0.3, -0.25) is 4.79 Å². The van der Waals surface area contributed by atoms with Crippen molar-refractivity contribution in [2.45, 2.75) is 44.3 Å². The summed E-state index contributed by atoms with van der Waals surface area (Å²) in [5.41, 5.74) is 0. The van der Waals surface area contributed by atoms with Crippen LogP contribution in [0.2, 0.25) is 0 Å². The van der Waals surface area contributed by atoms with E-state index in [1.807, 2.05) is 0 Å². The maximum atomic E-state index is 10.4. The fourth-order valence-corrected chi connectivity index (χ4v) is 1.65. The zero-order valence-electron chi connectivity index (χ0n) is 7.61. The van der Waals surface area contributed by atoms with Gasteiger partial charge in [0.25, 0.3) is 0 Å². The topological polar surface area (TPSA) is 66.8 Å². The van der Waals surface area contributed by atoms with Gasteiger partial charge in [-0.1, -0.05) is 12.8 Å². The standard InChI is InChI=1S/C9H16O4/c10-6-8(5-9(11)12)13-7-3-1-2-4-7/h7-8,10H,1-6H2,(H,11,12). The van der Waals surface area contributed by atoms with Crippen LogP contribution in [-0.4, -0.2) is 35.0 Å². The second-order valence-electron chi connectivity index (χ2n) is 3.44. The van der Waals surface area contributed by atoms with Crippen molar-refractivity contribution in [1.29, 1.82) is 0 Å². The molecule has 0 bridgehead atoms. The van der Waals surface area contributed by atoms with Gasteiger partial charge in [-0.2, -0.15) is 0 Å². The molecule has 0 aromatic rings. The van der Waals surface area contributed by atoms with Crippen molar-refractivity contribution in [1.82, 2.24) is 0 Å². The number of aliphatic carboxylic acids is 1. The fraction of sp³-hybridized carbons (Fsp3) is 0.889. The Morgan fingerprint density at radius 2 is 2.08 bits per heavy atom. The lowest BCUT2D eigenvalue weighted by atomic mass is 10.2. The van der Waals surface area contributed by atoms with Crippen LogP contribution >= 0.6 is 0 Å². The van der Waals surface area contributed by atoms with E-state index < -0.39 is 12.1 Å². The number of aliphatic hydroxyl groups is 1. The fourth-order valence-electron chi connectivity index (χ4n) is 1.65. The summed E-state index contributed by atoms with van der Waals surface area (Å²) in [6, 6.07) is 0. The van der Waals surface area contributed by atoms with Crippen molar-refractivity contribution >= 4 is 5.97 Å². The van der Waals surface area contributed by atoms with Crippen LogP contribution < -0.4 is 0 Å². The van der Waals surface area contributed by atoms with Crippen molar-refractivity contribution in [2.24, 2.45) is 0 Å². The van der Waals surface area contributed by atoms with E-state index in [-0.39, 0.29) is 19.1 Å². The Kier molecular flexibility index (Phi) is 4.18. The number of aliphatic hydroxyl groups excluding tert-OH is 1. The monoisotopic (exact) mass is 188 g/mol. The van der Waals surface area contributed by atoms with Crippen molar-refractivity contribution in [3.8, 4) is 0 Å². The number of ether oxygens (including phenoxy) is 1. The van der Waals surface area contributed by atoms with E-state index in [1.165, 1.54) is 0 Å². The maximum Gasteiger partial charge on any atom is 0.306 e. The lowest BCUT2D eigenvalue weighted by molar-refractivity contribution is -0.142. The lowest BCUT2D eigenvalue weighted by Crippen LogP contribution is -2.26. The molecule has 0 aliphatic heterocycles. The summed E-state index contributed by atoms with van der Waals surface area (Å²) < 4.78 is 5.44. The summed E-state index contributed by atoms with van der Waals surface area (Å²) in [4.78, 5) is 10.4. The highest BCUT2D eigenvalue weighted by atomic mass is 16.5. The maximum absolute atomic E-state index is 10.4. The number of rotatable bonds is 5. The van der Waals surface area contributed by atoms with E-state index in [0.717, 1.165) is 25.7 Å². The highest BCUT2D eigenvalue weighted by Crippen LogP contribution is 2.22. The molecule has 76 valence electrons. The summed E-state index contributed by atoms with van der Waals surface area (Å²) >= 11 is 0. The Labute approximate surface area is 77.5 Å². The second-order valence-corrected chi connectivity index (χ2v) is 3.44. The van der Waals surface area contributed by atoms with Gasteiger partial charge >= 0.3 is 5.97 Å². The molecule has 1 unspecified atom stereocenters. The number of carboxylic acids is 1. The van der Waals surface area contributed by atoms with E-state index in [4.69, 9.17) is 14.9 Å². The molecule has 0 aromatic carbocycles. The van der Waals surface area contributed by atoms with Gasteiger partial charge in [0, 0.05) is 0 Å². The van der Waals surface area contributed by atoms with Crippen LogP contribution in [0.25, 0.3) is 0 Å². The van der Waals surface area contributed by atoms with Crippen LogP contribution in [0.3, 0.4) is 0 Å². The zero-order valence-corrected chi connectivity index (χ0v) is 7.61. The quantitative estimate of drug-likeness (QED) is 0.669. The Morgan fingerprint density at radius 3 is 2.54 bits per heavy atom. The average Bonchev–Trinajstić information content (AvgIpc) is 2.55. The molecule has 0 radical (unpaired) electrons. The lowest BCUT2D eigenvalue weighted by Gasteiger charge is -2.18. The molecule has 2 N–H and O–H groups in total. The molecule has 1 aliphatic carbocycles. The van der Waals surface area contributed by atoms with Crippen LogP contribution in [0.15, 0.2) is 0 Å². The smallest absolute Gasteiger partial charge is 0.306 e. The Hall–Kier alpha value is -0.610. The SMILES string of the molecule is O=C(O)CC(CO)OC1CCCC1. The molecule has 4 heteroatoms. The highest BCUT2D eigenvalue weighted by molar-refractivity contribution is 5.67. The van der Waals surface area contributed by atoms with E-state index in [0.29, 0.717) is 0 Å². The molecule has 13 heavy (non-hydrogen) atoms. The van der Waals surface area contributed by atoms with Crippen molar-refractivity contribution in [3.63, 3.8) is 0 Å². The van der Waals surface area contributed by atoms with Crippen LogP contribution in [0.4, 0.5) is 0 Å². The highest BCUT2D eigenvalue weighted by Gasteiger charge is 2.21. The first-order valence-electron chi connectivity index (χ1n) is 4.70. The molecule has 1 atom stereocenters. The van der Waals surface area contributed by atoms with Crippen molar-refractivity contribution in [3.05, 3.63) is 0 Å². The normalized spacial score (nSPS) is 20.4. The molecule has 1 rings (SSSR count). The van der Waals surface area contributed by atoms with Gasteiger partial charge < -0.3 is 14.9 Å². The summed E-state index contributed by atoms with van der Waals surface area (Å²) in [5, 5.41) is 17.3. The van der Waals surface area contributed by atoms with E-state index in [2.05, 4.69) is 0 Å². The molecule has 0 amide bonds. The summed E-state index contributed by atoms with van der Waals surface area (Å²) in [6.07, 6.45) is 3.82. The minimum absolute atomic E-state index is 0.104. The van der Waals surface area contributed by atoms with Gasteiger partial charge in [0.15, 0.2) is 0 Å². The van der Waals surface area contributed by atoms with Gasteiger partial charge in [-0.15, -0.1) is 0 Å². The molecule has 1 aliphatic rings. The molecule has 1 saturated carbocycles. The number of carbonyl (C=O) groups is 1. The number of hydrogen-bond donors (Lipinski definition) is 2. The predicted octanol–water partition coefficient (Wildman–Crippen LogP) is 0.781. The largest absolute Gasteiger partial charge is 0.481 e. The van der Waals surface area contributed by atoms with Crippen LogP contribution in [-0.2, 0) is 9.53 Å². The molecule has 4 nitrogen and oxygen atoms in total. The molecule has 1 fully saturated rings. The zero-order chi connectivity index (χ0) is 9.68. The molecule has 0 spiro atoms. The second kappa shape index (κ2) is 5.19.